The first-order valence-electron chi connectivity index (χ1n) is 6.01. The molecule has 1 N–H and O–H groups in total. The molecule has 0 spiro atoms. The number of halogens is 5. The van der Waals surface area contributed by atoms with Crippen LogP contribution in [0.25, 0.3) is 0 Å². The highest BCUT2D eigenvalue weighted by Crippen LogP contribution is 2.35. The first-order chi connectivity index (χ1) is 9.70. The predicted octanol–water partition coefficient (Wildman–Crippen LogP) is 4.37. The zero-order valence-electron chi connectivity index (χ0n) is 10.9. The van der Waals surface area contributed by atoms with Gasteiger partial charge < -0.3 is 5.11 Å². The van der Waals surface area contributed by atoms with Crippen LogP contribution in [0, 0.1) is 18.6 Å². The fraction of sp³-hybridized carbons (Fsp3) is 0.200. The molecule has 0 heterocycles. The van der Waals surface area contributed by atoms with Gasteiger partial charge in [-0.25, -0.2) is 8.78 Å². The third-order valence-corrected chi connectivity index (χ3v) is 3.01. The average Bonchev–Trinajstić information content (AvgIpc) is 2.35. The van der Waals surface area contributed by atoms with Crippen molar-refractivity contribution in [2.75, 3.05) is 0 Å². The summed E-state index contributed by atoms with van der Waals surface area (Å²) < 4.78 is 65.1. The molecule has 0 saturated carbocycles. The van der Waals surface area contributed by atoms with E-state index >= 15 is 0 Å². The summed E-state index contributed by atoms with van der Waals surface area (Å²) in [6.07, 6.45) is -6.54. The second-order valence-corrected chi connectivity index (χ2v) is 4.67. The summed E-state index contributed by atoms with van der Waals surface area (Å²) in [6.45, 7) is 1.56. The van der Waals surface area contributed by atoms with Gasteiger partial charge in [0.1, 0.15) is 17.7 Å². The van der Waals surface area contributed by atoms with Crippen LogP contribution in [-0.2, 0) is 6.18 Å². The van der Waals surface area contributed by atoms with Crippen LogP contribution in [0.4, 0.5) is 22.0 Å². The highest BCUT2D eigenvalue weighted by molar-refractivity contribution is 5.36. The Morgan fingerprint density at radius 3 is 2.29 bits per heavy atom. The van der Waals surface area contributed by atoms with Crippen molar-refractivity contribution in [3.8, 4) is 0 Å². The summed E-state index contributed by atoms with van der Waals surface area (Å²) in [7, 11) is 0. The van der Waals surface area contributed by atoms with Gasteiger partial charge in [-0.2, -0.15) is 13.2 Å². The molecule has 21 heavy (non-hydrogen) atoms. The van der Waals surface area contributed by atoms with Crippen molar-refractivity contribution in [1.82, 2.24) is 0 Å². The molecule has 0 radical (unpaired) electrons. The number of aryl methyl sites for hydroxylation is 1. The van der Waals surface area contributed by atoms with E-state index in [2.05, 4.69) is 0 Å². The molecule has 0 amide bonds. The molecule has 0 bridgehead atoms. The molecule has 2 aromatic rings. The van der Waals surface area contributed by atoms with Gasteiger partial charge in [0, 0.05) is 5.56 Å². The van der Waals surface area contributed by atoms with Crippen molar-refractivity contribution in [3.05, 3.63) is 70.3 Å². The number of rotatable bonds is 2. The van der Waals surface area contributed by atoms with Gasteiger partial charge in [0.2, 0.25) is 0 Å². The van der Waals surface area contributed by atoms with Gasteiger partial charge in [0.25, 0.3) is 0 Å². The zero-order chi connectivity index (χ0) is 15.8. The van der Waals surface area contributed by atoms with Crippen LogP contribution in [0.15, 0.2) is 36.4 Å². The second-order valence-electron chi connectivity index (χ2n) is 4.67. The third-order valence-electron chi connectivity index (χ3n) is 3.01. The van der Waals surface area contributed by atoms with Gasteiger partial charge in [0.15, 0.2) is 0 Å². The Morgan fingerprint density at radius 1 is 1.05 bits per heavy atom. The van der Waals surface area contributed by atoms with Crippen LogP contribution in [0.3, 0.4) is 0 Å². The summed E-state index contributed by atoms with van der Waals surface area (Å²) in [4.78, 5) is 0. The molecule has 0 aromatic heterocycles. The van der Waals surface area contributed by atoms with Crippen LogP contribution >= 0.6 is 0 Å². The van der Waals surface area contributed by atoms with Crippen LogP contribution in [0.5, 0.6) is 0 Å². The maximum Gasteiger partial charge on any atom is 0.419 e. The summed E-state index contributed by atoms with van der Waals surface area (Å²) in [5.74, 6) is -2.21. The van der Waals surface area contributed by atoms with Gasteiger partial charge in [-0.15, -0.1) is 0 Å². The molecular formula is C15H11F5O. The molecule has 2 aromatic carbocycles. The Kier molecular flexibility index (Phi) is 4.00. The number of aliphatic hydroxyl groups is 1. The lowest BCUT2D eigenvalue weighted by molar-refractivity contribution is -0.140. The monoisotopic (exact) mass is 302 g/mol. The number of aliphatic hydroxyl groups excluding tert-OH is 1. The quantitative estimate of drug-likeness (QED) is 0.817. The first kappa shape index (κ1) is 15.4. The minimum absolute atomic E-state index is 0.00859. The number of hydrogen-bond donors (Lipinski definition) is 1. The van der Waals surface area contributed by atoms with Gasteiger partial charge in [-0.3, -0.25) is 0 Å². The summed E-state index contributed by atoms with van der Waals surface area (Å²) >= 11 is 0. The van der Waals surface area contributed by atoms with Gasteiger partial charge in [0.05, 0.1) is 5.56 Å². The highest BCUT2D eigenvalue weighted by Gasteiger charge is 2.35. The van der Waals surface area contributed by atoms with E-state index in [1.54, 1.807) is 6.92 Å². The highest BCUT2D eigenvalue weighted by atomic mass is 19.4. The molecule has 112 valence electrons. The van der Waals surface area contributed by atoms with Crippen LogP contribution in [0.1, 0.15) is 28.4 Å². The Balaban J connectivity index is 2.51. The molecule has 0 saturated heterocycles. The Labute approximate surface area is 117 Å². The van der Waals surface area contributed by atoms with E-state index in [0.29, 0.717) is 11.6 Å². The van der Waals surface area contributed by atoms with Gasteiger partial charge in [-0.1, -0.05) is 18.2 Å². The van der Waals surface area contributed by atoms with Crippen molar-refractivity contribution < 1.29 is 27.1 Å². The van der Waals surface area contributed by atoms with Crippen molar-refractivity contribution in [3.63, 3.8) is 0 Å². The van der Waals surface area contributed by atoms with E-state index in [1.165, 1.54) is 12.1 Å². The largest absolute Gasteiger partial charge is 0.419 e. The molecule has 0 aliphatic heterocycles. The molecule has 0 fully saturated rings. The minimum Gasteiger partial charge on any atom is -0.384 e. The Morgan fingerprint density at radius 2 is 1.71 bits per heavy atom. The Bertz CT molecular complexity index is 643. The normalized spacial score (nSPS) is 13.3. The molecule has 0 aliphatic rings. The van der Waals surface area contributed by atoms with E-state index in [9.17, 15) is 27.1 Å². The van der Waals surface area contributed by atoms with E-state index in [-0.39, 0.29) is 5.56 Å². The lowest BCUT2D eigenvalue weighted by atomic mass is 9.97. The zero-order valence-corrected chi connectivity index (χ0v) is 10.9. The lowest BCUT2D eigenvalue weighted by Crippen LogP contribution is -2.12. The fourth-order valence-electron chi connectivity index (χ4n) is 2.08. The van der Waals surface area contributed by atoms with E-state index in [0.717, 1.165) is 18.2 Å². The molecule has 6 heteroatoms. The molecule has 1 atom stereocenters. The topological polar surface area (TPSA) is 20.2 Å². The van der Waals surface area contributed by atoms with E-state index in [4.69, 9.17) is 0 Å². The number of benzene rings is 2. The number of hydrogen-bond acceptors (Lipinski definition) is 1. The lowest BCUT2D eigenvalue weighted by Gasteiger charge is -2.16. The molecule has 1 nitrogen and oxygen atoms in total. The van der Waals surface area contributed by atoms with Crippen molar-refractivity contribution >= 4 is 0 Å². The van der Waals surface area contributed by atoms with Crippen molar-refractivity contribution in [2.45, 2.75) is 19.2 Å². The SMILES string of the molecule is Cc1cc(F)cc(C(O)c2cccc(C(F)(F)F)c2F)c1. The molecule has 1 unspecified atom stereocenters. The molecular weight excluding hydrogens is 291 g/mol. The summed E-state index contributed by atoms with van der Waals surface area (Å²) in [6, 6.07) is 6.15. The average molecular weight is 302 g/mol. The summed E-state index contributed by atoms with van der Waals surface area (Å²) in [5.41, 5.74) is -1.55. The van der Waals surface area contributed by atoms with Crippen LogP contribution in [0.2, 0.25) is 0 Å². The standard InChI is InChI=1S/C15H11F5O/c1-8-5-9(7-10(16)6-8)14(21)11-3-2-4-12(13(11)17)15(18,19)20/h2-7,14,21H,1H3. The predicted molar refractivity (Wildman–Crippen MR) is 66.6 cm³/mol. The maximum atomic E-state index is 13.9. The van der Waals surface area contributed by atoms with Crippen LogP contribution < -0.4 is 0 Å². The number of alkyl halides is 3. The third kappa shape index (κ3) is 3.21. The van der Waals surface area contributed by atoms with Crippen molar-refractivity contribution in [1.29, 1.82) is 0 Å². The first-order valence-corrected chi connectivity index (χ1v) is 6.01. The maximum absolute atomic E-state index is 13.9. The summed E-state index contributed by atoms with van der Waals surface area (Å²) in [5, 5.41) is 10.0. The van der Waals surface area contributed by atoms with E-state index in [1.807, 2.05) is 0 Å². The molecule has 0 aliphatic carbocycles. The van der Waals surface area contributed by atoms with Crippen molar-refractivity contribution in [2.24, 2.45) is 0 Å². The smallest absolute Gasteiger partial charge is 0.384 e. The Hall–Kier alpha value is -1.95. The fourth-order valence-corrected chi connectivity index (χ4v) is 2.08. The van der Waals surface area contributed by atoms with Crippen LogP contribution in [-0.4, -0.2) is 5.11 Å². The van der Waals surface area contributed by atoms with E-state index < -0.39 is 35.0 Å². The van der Waals surface area contributed by atoms with Gasteiger partial charge in [-0.05, 0) is 36.2 Å². The minimum atomic E-state index is -4.86. The second kappa shape index (κ2) is 5.44. The molecule has 2 rings (SSSR count). The van der Waals surface area contributed by atoms with Gasteiger partial charge >= 0.3 is 6.18 Å².